The normalized spacial score (nSPS) is 13.9. The van der Waals surface area contributed by atoms with Crippen molar-refractivity contribution in [1.82, 2.24) is 5.32 Å². The van der Waals surface area contributed by atoms with Crippen LogP contribution in [0.3, 0.4) is 0 Å². The van der Waals surface area contributed by atoms with Crippen molar-refractivity contribution >= 4 is 23.3 Å². The fourth-order valence-corrected chi connectivity index (χ4v) is 1.70. The van der Waals surface area contributed by atoms with Crippen molar-refractivity contribution in [3.63, 3.8) is 0 Å². The molecule has 0 bridgehead atoms. The first kappa shape index (κ1) is 13.2. The molecule has 1 fully saturated rings. The van der Waals surface area contributed by atoms with Gasteiger partial charge in [-0.2, -0.15) is 0 Å². The molecule has 1 aliphatic carbocycles. The maximum atomic E-state index is 11.4. The lowest BCUT2D eigenvalue weighted by molar-refractivity contribution is -0.120. The second-order valence-corrected chi connectivity index (χ2v) is 4.63. The van der Waals surface area contributed by atoms with E-state index in [1.54, 1.807) is 6.07 Å². The molecule has 0 saturated heterocycles. The van der Waals surface area contributed by atoms with E-state index in [0.717, 1.165) is 12.8 Å². The summed E-state index contributed by atoms with van der Waals surface area (Å²) in [6.07, 6.45) is 2.50. The molecule has 0 aromatic heterocycles. The van der Waals surface area contributed by atoms with Gasteiger partial charge >= 0.3 is 5.97 Å². The van der Waals surface area contributed by atoms with E-state index in [0.29, 0.717) is 24.7 Å². The number of rotatable bonds is 6. The third-order valence-electron chi connectivity index (χ3n) is 2.91. The lowest BCUT2D eigenvalue weighted by atomic mass is 10.1. The number of aromatic carboxylic acids is 1. The van der Waals surface area contributed by atoms with Crippen LogP contribution in [0.4, 0.5) is 11.4 Å². The predicted octanol–water partition coefficient (Wildman–Crippen LogP) is 1.05. The van der Waals surface area contributed by atoms with Crippen LogP contribution >= 0.6 is 0 Å². The Morgan fingerprint density at radius 2 is 2.11 bits per heavy atom. The molecular weight excluding hydrogens is 246 g/mol. The van der Waals surface area contributed by atoms with Crippen molar-refractivity contribution < 1.29 is 14.7 Å². The molecule has 0 aliphatic heterocycles. The third kappa shape index (κ3) is 3.87. The van der Waals surface area contributed by atoms with E-state index in [1.807, 2.05) is 0 Å². The second-order valence-electron chi connectivity index (χ2n) is 4.63. The van der Waals surface area contributed by atoms with E-state index in [1.165, 1.54) is 12.1 Å². The molecule has 0 heterocycles. The number of carboxylic acid groups (broad SMARTS) is 1. The average Bonchev–Trinajstić information content (AvgIpc) is 3.14. The number of hydrogen-bond donors (Lipinski definition) is 4. The molecule has 1 aliphatic rings. The Bertz CT molecular complexity index is 498. The van der Waals surface area contributed by atoms with Gasteiger partial charge in [0.25, 0.3) is 0 Å². The van der Waals surface area contributed by atoms with Crippen molar-refractivity contribution in [2.45, 2.75) is 25.3 Å². The highest BCUT2D eigenvalue weighted by Gasteiger charge is 2.22. The molecule has 1 saturated carbocycles. The summed E-state index contributed by atoms with van der Waals surface area (Å²) >= 11 is 0. The van der Waals surface area contributed by atoms with Gasteiger partial charge < -0.3 is 21.5 Å². The van der Waals surface area contributed by atoms with Gasteiger partial charge in [-0.25, -0.2) is 4.79 Å². The van der Waals surface area contributed by atoms with Gasteiger partial charge in [-0.3, -0.25) is 4.79 Å². The number of hydrogen-bond acceptors (Lipinski definition) is 4. The first-order chi connectivity index (χ1) is 9.06. The van der Waals surface area contributed by atoms with Crippen LogP contribution in [0, 0.1) is 0 Å². The van der Waals surface area contributed by atoms with Gasteiger partial charge in [-0.05, 0) is 31.0 Å². The molecule has 102 valence electrons. The standard InChI is InChI=1S/C13H17N3O3/c14-11-4-3-9(7-10(11)13(18)19)15-6-5-12(17)16-8-1-2-8/h3-4,7-8,15H,1-2,5-6,14H2,(H,16,17)(H,18,19). The molecule has 0 spiro atoms. The largest absolute Gasteiger partial charge is 0.478 e. The average molecular weight is 263 g/mol. The van der Waals surface area contributed by atoms with Crippen LogP contribution in [-0.2, 0) is 4.79 Å². The van der Waals surface area contributed by atoms with Gasteiger partial charge in [-0.15, -0.1) is 0 Å². The molecule has 0 unspecified atom stereocenters. The molecule has 1 aromatic rings. The highest BCUT2D eigenvalue weighted by Crippen LogP contribution is 2.19. The van der Waals surface area contributed by atoms with Gasteiger partial charge in [0.15, 0.2) is 0 Å². The van der Waals surface area contributed by atoms with Crippen molar-refractivity contribution in [3.8, 4) is 0 Å². The van der Waals surface area contributed by atoms with E-state index in [2.05, 4.69) is 10.6 Å². The van der Waals surface area contributed by atoms with Crippen LogP contribution in [0.2, 0.25) is 0 Å². The van der Waals surface area contributed by atoms with Crippen LogP contribution in [0.25, 0.3) is 0 Å². The minimum absolute atomic E-state index is 0.0175. The molecule has 5 N–H and O–H groups in total. The van der Waals surface area contributed by atoms with E-state index < -0.39 is 5.97 Å². The number of amides is 1. The van der Waals surface area contributed by atoms with E-state index in [4.69, 9.17) is 10.8 Å². The minimum Gasteiger partial charge on any atom is -0.478 e. The van der Waals surface area contributed by atoms with E-state index in [-0.39, 0.29) is 17.2 Å². The molecule has 19 heavy (non-hydrogen) atoms. The highest BCUT2D eigenvalue weighted by atomic mass is 16.4. The zero-order valence-electron chi connectivity index (χ0n) is 10.5. The fourth-order valence-electron chi connectivity index (χ4n) is 1.70. The monoisotopic (exact) mass is 263 g/mol. The quantitative estimate of drug-likeness (QED) is 0.574. The lowest BCUT2D eigenvalue weighted by Crippen LogP contribution is -2.27. The SMILES string of the molecule is Nc1ccc(NCCC(=O)NC2CC2)cc1C(=O)O. The van der Waals surface area contributed by atoms with Gasteiger partial charge in [0, 0.05) is 30.4 Å². The number of carbonyl (C=O) groups excluding carboxylic acids is 1. The highest BCUT2D eigenvalue weighted by molar-refractivity contribution is 5.94. The summed E-state index contributed by atoms with van der Waals surface area (Å²) < 4.78 is 0. The van der Waals surface area contributed by atoms with E-state index in [9.17, 15) is 9.59 Å². The maximum Gasteiger partial charge on any atom is 0.337 e. The first-order valence-electron chi connectivity index (χ1n) is 6.22. The lowest BCUT2D eigenvalue weighted by Gasteiger charge is -2.09. The Kier molecular flexibility index (Phi) is 3.89. The van der Waals surface area contributed by atoms with Crippen molar-refractivity contribution in [2.24, 2.45) is 0 Å². The Morgan fingerprint density at radius 3 is 2.74 bits per heavy atom. The summed E-state index contributed by atoms with van der Waals surface area (Å²) in [5.74, 6) is -1.04. The van der Waals surface area contributed by atoms with Gasteiger partial charge in [0.1, 0.15) is 0 Å². The number of carboxylic acids is 1. The van der Waals surface area contributed by atoms with Crippen LogP contribution in [-0.4, -0.2) is 29.6 Å². The van der Waals surface area contributed by atoms with Crippen LogP contribution in [0.1, 0.15) is 29.6 Å². The van der Waals surface area contributed by atoms with Gasteiger partial charge in [0.05, 0.1) is 5.56 Å². The Hall–Kier alpha value is -2.24. The summed E-state index contributed by atoms with van der Waals surface area (Å²) in [7, 11) is 0. The zero-order valence-corrected chi connectivity index (χ0v) is 10.5. The summed E-state index contributed by atoms with van der Waals surface area (Å²) in [4.78, 5) is 22.4. The fraction of sp³-hybridized carbons (Fsp3) is 0.385. The minimum atomic E-state index is -1.06. The molecule has 0 radical (unpaired) electrons. The molecule has 1 aromatic carbocycles. The molecular formula is C13H17N3O3. The topological polar surface area (TPSA) is 104 Å². The Morgan fingerprint density at radius 1 is 1.37 bits per heavy atom. The van der Waals surface area contributed by atoms with Crippen LogP contribution < -0.4 is 16.4 Å². The number of benzene rings is 1. The van der Waals surface area contributed by atoms with Crippen molar-refractivity contribution in [3.05, 3.63) is 23.8 Å². The summed E-state index contributed by atoms with van der Waals surface area (Å²) in [5.41, 5.74) is 6.49. The Labute approximate surface area is 111 Å². The van der Waals surface area contributed by atoms with Gasteiger partial charge in [0.2, 0.25) is 5.91 Å². The molecule has 1 amide bonds. The molecule has 6 heteroatoms. The van der Waals surface area contributed by atoms with Crippen LogP contribution in [0.5, 0.6) is 0 Å². The summed E-state index contributed by atoms with van der Waals surface area (Å²) in [6.45, 7) is 0.460. The maximum absolute atomic E-state index is 11.4. The number of nitrogen functional groups attached to an aromatic ring is 1. The number of carbonyl (C=O) groups is 2. The summed E-state index contributed by atoms with van der Waals surface area (Å²) in [6, 6.07) is 5.07. The Balaban J connectivity index is 1.83. The molecule has 6 nitrogen and oxygen atoms in total. The summed E-state index contributed by atoms with van der Waals surface area (Å²) in [5, 5.41) is 14.8. The van der Waals surface area contributed by atoms with Gasteiger partial charge in [-0.1, -0.05) is 0 Å². The number of anilines is 2. The molecule has 0 atom stereocenters. The van der Waals surface area contributed by atoms with E-state index >= 15 is 0 Å². The van der Waals surface area contributed by atoms with Crippen molar-refractivity contribution in [1.29, 1.82) is 0 Å². The predicted molar refractivity (Wildman–Crippen MR) is 72.1 cm³/mol. The molecule has 2 rings (SSSR count). The first-order valence-corrected chi connectivity index (χ1v) is 6.22. The smallest absolute Gasteiger partial charge is 0.337 e. The third-order valence-corrected chi connectivity index (χ3v) is 2.91. The number of nitrogens with one attached hydrogen (secondary N) is 2. The second kappa shape index (κ2) is 5.60. The zero-order chi connectivity index (χ0) is 13.8. The van der Waals surface area contributed by atoms with Crippen LogP contribution in [0.15, 0.2) is 18.2 Å². The number of nitrogens with two attached hydrogens (primary N) is 1. The van der Waals surface area contributed by atoms with Crippen molar-refractivity contribution in [2.75, 3.05) is 17.6 Å².